The van der Waals surface area contributed by atoms with E-state index in [1.54, 1.807) is 0 Å². The summed E-state index contributed by atoms with van der Waals surface area (Å²) in [7, 11) is 0. The van der Waals surface area contributed by atoms with Crippen LogP contribution in [0.4, 0.5) is 0 Å². The van der Waals surface area contributed by atoms with Gasteiger partial charge in [-0.1, -0.05) is 6.92 Å². The lowest BCUT2D eigenvalue weighted by molar-refractivity contribution is 0.0946. The molecule has 5 nitrogen and oxygen atoms in total. The van der Waals surface area contributed by atoms with Crippen molar-refractivity contribution in [3.8, 4) is 16.3 Å². The van der Waals surface area contributed by atoms with Gasteiger partial charge in [-0.3, -0.25) is 4.79 Å². The first-order valence-corrected chi connectivity index (χ1v) is 9.34. The number of nitrogens with zero attached hydrogens (tertiary/aromatic N) is 1. The van der Waals surface area contributed by atoms with Crippen LogP contribution < -0.4 is 15.4 Å². The number of hydrogen-bond donors (Lipinski definition) is 2. The molecule has 0 saturated carbocycles. The van der Waals surface area contributed by atoms with E-state index in [-0.39, 0.29) is 18.3 Å². The van der Waals surface area contributed by atoms with Crippen LogP contribution >= 0.6 is 23.7 Å². The molecule has 1 unspecified atom stereocenters. The number of carbonyl (C=O) groups excluding carboxylic acids is 1. The summed E-state index contributed by atoms with van der Waals surface area (Å²) in [6, 6.07) is 8.24. The maximum atomic E-state index is 12.2. The SMILES string of the molecule is CCCOc1ccc(-c2nc(C(=O)NCC3CCCN3)cs2)cc1.Cl. The summed E-state index contributed by atoms with van der Waals surface area (Å²) in [5, 5.41) is 8.99. The summed E-state index contributed by atoms with van der Waals surface area (Å²) in [5.74, 6) is 0.758. The van der Waals surface area contributed by atoms with Gasteiger partial charge >= 0.3 is 0 Å². The van der Waals surface area contributed by atoms with Crippen molar-refractivity contribution >= 4 is 29.7 Å². The zero-order valence-electron chi connectivity index (χ0n) is 14.3. The van der Waals surface area contributed by atoms with Crippen molar-refractivity contribution in [3.63, 3.8) is 0 Å². The second-order valence-electron chi connectivity index (χ2n) is 5.91. The fraction of sp³-hybridized carbons (Fsp3) is 0.444. The van der Waals surface area contributed by atoms with Crippen molar-refractivity contribution in [1.29, 1.82) is 0 Å². The van der Waals surface area contributed by atoms with Crippen molar-refractivity contribution in [1.82, 2.24) is 15.6 Å². The number of aromatic nitrogens is 1. The molecule has 0 spiro atoms. The molecular weight excluding hydrogens is 358 g/mol. The number of amides is 1. The molecule has 1 fully saturated rings. The van der Waals surface area contributed by atoms with Gasteiger partial charge < -0.3 is 15.4 Å². The van der Waals surface area contributed by atoms with E-state index < -0.39 is 0 Å². The molecule has 0 radical (unpaired) electrons. The van der Waals surface area contributed by atoms with Gasteiger partial charge in [-0.25, -0.2) is 4.98 Å². The minimum absolute atomic E-state index is 0. The van der Waals surface area contributed by atoms with E-state index in [9.17, 15) is 4.79 Å². The van der Waals surface area contributed by atoms with E-state index in [0.717, 1.165) is 42.3 Å². The van der Waals surface area contributed by atoms with Crippen LogP contribution in [0.5, 0.6) is 5.75 Å². The molecule has 2 N–H and O–H groups in total. The Balaban J connectivity index is 0.00000225. The number of carbonyl (C=O) groups is 1. The zero-order chi connectivity index (χ0) is 16.8. The molecular formula is C18H24ClN3O2S. The van der Waals surface area contributed by atoms with Crippen LogP contribution in [0.1, 0.15) is 36.7 Å². The van der Waals surface area contributed by atoms with Gasteiger partial charge in [-0.15, -0.1) is 23.7 Å². The Bertz CT molecular complexity index is 669. The van der Waals surface area contributed by atoms with E-state index in [2.05, 4.69) is 22.5 Å². The predicted molar refractivity (Wildman–Crippen MR) is 104 cm³/mol. The fourth-order valence-electron chi connectivity index (χ4n) is 2.66. The molecule has 1 aromatic heterocycles. The molecule has 1 amide bonds. The Morgan fingerprint density at radius 3 is 2.88 bits per heavy atom. The van der Waals surface area contributed by atoms with Crippen LogP contribution in [-0.2, 0) is 0 Å². The molecule has 2 heterocycles. The van der Waals surface area contributed by atoms with Crippen LogP contribution in [0, 0.1) is 0 Å². The number of thiazole rings is 1. The van der Waals surface area contributed by atoms with E-state index >= 15 is 0 Å². The topological polar surface area (TPSA) is 63.2 Å². The zero-order valence-corrected chi connectivity index (χ0v) is 15.9. The molecule has 2 aromatic rings. The van der Waals surface area contributed by atoms with Gasteiger partial charge in [-0.05, 0) is 50.1 Å². The first kappa shape index (κ1) is 19.7. The lowest BCUT2D eigenvalue weighted by Gasteiger charge is -2.10. The molecule has 7 heteroatoms. The molecule has 0 bridgehead atoms. The lowest BCUT2D eigenvalue weighted by Crippen LogP contribution is -2.37. The molecule has 3 rings (SSSR count). The summed E-state index contributed by atoms with van der Waals surface area (Å²) in [5.41, 5.74) is 1.49. The molecule has 1 aliphatic rings. The maximum Gasteiger partial charge on any atom is 0.270 e. The third-order valence-electron chi connectivity index (χ3n) is 3.98. The number of halogens is 1. The Morgan fingerprint density at radius 1 is 1.40 bits per heavy atom. The molecule has 25 heavy (non-hydrogen) atoms. The Morgan fingerprint density at radius 2 is 2.20 bits per heavy atom. The molecule has 1 saturated heterocycles. The van der Waals surface area contributed by atoms with Crippen LogP contribution in [0.3, 0.4) is 0 Å². The minimum Gasteiger partial charge on any atom is -0.494 e. The molecule has 0 aliphatic carbocycles. The Kier molecular flexibility index (Phi) is 7.68. The highest BCUT2D eigenvalue weighted by Gasteiger charge is 2.17. The normalized spacial score (nSPS) is 16.3. The van der Waals surface area contributed by atoms with Gasteiger partial charge in [0.25, 0.3) is 5.91 Å². The van der Waals surface area contributed by atoms with Gasteiger partial charge in [-0.2, -0.15) is 0 Å². The smallest absolute Gasteiger partial charge is 0.270 e. The average Bonchev–Trinajstić information content (AvgIpc) is 3.30. The number of nitrogens with one attached hydrogen (secondary N) is 2. The van der Waals surface area contributed by atoms with Gasteiger partial charge in [0.15, 0.2) is 0 Å². The summed E-state index contributed by atoms with van der Waals surface area (Å²) in [6.45, 7) is 4.50. The van der Waals surface area contributed by atoms with E-state index in [0.29, 0.717) is 18.3 Å². The highest BCUT2D eigenvalue weighted by molar-refractivity contribution is 7.13. The lowest BCUT2D eigenvalue weighted by atomic mass is 10.2. The van der Waals surface area contributed by atoms with Crippen LogP contribution in [0.25, 0.3) is 10.6 Å². The average molecular weight is 382 g/mol. The van der Waals surface area contributed by atoms with E-state index in [4.69, 9.17) is 4.74 Å². The molecule has 1 aliphatic heterocycles. The van der Waals surface area contributed by atoms with E-state index in [1.807, 2.05) is 29.6 Å². The minimum atomic E-state index is -0.103. The monoisotopic (exact) mass is 381 g/mol. The van der Waals surface area contributed by atoms with Crippen molar-refractivity contribution in [2.24, 2.45) is 0 Å². The van der Waals surface area contributed by atoms with E-state index in [1.165, 1.54) is 17.8 Å². The van der Waals surface area contributed by atoms with Gasteiger partial charge in [0, 0.05) is 23.5 Å². The number of hydrogen-bond acceptors (Lipinski definition) is 5. The van der Waals surface area contributed by atoms with Crippen molar-refractivity contribution in [2.45, 2.75) is 32.2 Å². The number of benzene rings is 1. The highest BCUT2D eigenvalue weighted by atomic mass is 35.5. The van der Waals surface area contributed by atoms with Crippen LogP contribution in [0.15, 0.2) is 29.6 Å². The summed E-state index contributed by atoms with van der Waals surface area (Å²) in [4.78, 5) is 16.7. The van der Waals surface area contributed by atoms with Crippen molar-refractivity contribution in [2.75, 3.05) is 19.7 Å². The quantitative estimate of drug-likeness (QED) is 0.770. The second kappa shape index (κ2) is 9.75. The third kappa shape index (κ3) is 5.42. The van der Waals surface area contributed by atoms with Gasteiger partial charge in [0.05, 0.1) is 6.61 Å². The van der Waals surface area contributed by atoms with Crippen molar-refractivity contribution in [3.05, 3.63) is 35.3 Å². The number of rotatable bonds is 7. The Hall–Kier alpha value is -1.63. The third-order valence-corrected chi connectivity index (χ3v) is 4.87. The highest BCUT2D eigenvalue weighted by Crippen LogP contribution is 2.25. The molecule has 1 atom stereocenters. The largest absolute Gasteiger partial charge is 0.494 e. The molecule has 136 valence electrons. The first-order chi connectivity index (χ1) is 11.8. The first-order valence-electron chi connectivity index (χ1n) is 8.46. The van der Waals surface area contributed by atoms with Gasteiger partial charge in [0.2, 0.25) is 0 Å². The summed E-state index contributed by atoms with van der Waals surface area (Å²) >= 11 is 1.48. The maximum absolute atomic E-state index is 12.2. The summed E-state index contributed by atoms with van der Waals surface area (Å²) < 4.78 is 5.58. The standard InChI is InChI=1S/C18H23N3O2S.ClH/c1-2-10-23-15-7-5-13(6-8-15)18-21-16(12-24-18)17(22)20-11-14-4-3-9-19-14;/h5-8,12,14,19H,2-4,9-11H2,1H3,(H,20,22);1H. The number of ether oxygens (including phenoxy) is 1. The van der Waals surface area contributed by atoms with Crippen LogP contribution in [-0.4, -0.2) is 36.6 Å². The molecule has 1 aromatic carbocycles. The predicted octanol–water partition coefficient (Wildman–Crippen LogP) is 3.50. The van der Waals surface area contributed by atoms with Crippen molar-refractivity contribution < 1.29 is 9.53 Å². The fourth-order valence-corrected chi connectivity index (χ4v) is 3.47. The van der Waals surface area contributed by atoms with Crippen LogP contribution in [0.2, 0.25) is 0 Å². The summed E-state index contributed by atoms with van der Waals surface area (Å²) in [6.07, 6.45) is 3.29. The van der Waals surface area contributed by atoms with Gasteiger partial charge in [0.1, 0.15) is 16.5 Å². The Labute approximate surface area is 158 Å². The second-order valence-corrected chi connectivity index (χ2v) is 6.77.